The van der Waals surface area contributed by atoms with Gasteiger partial charge >= 0.3 is 12.4 Å². The number of halogens is 3. The third-order valence-electron chi connectivity index (χ3n) is 7.51. The molecule has 12 heteroatoms. The maximum absolute atomic E-state index is 13.0. The zero-order valence-corrected chi connectivity index (χ0v) is 25.9. The monoisotopic (exact) mass is 636 g/mol. The molecule has 1 aliphatic carbocycles. The first-order valence-corrected chi connectivity index (χ1v) is 15.7. The molecule has 0 bridgehead atoms. The van der Waals surface area contributed by atoms with Crippen molar-refractivity contribution >= 4 is 23.0 Å². The molecule has 3 aromatic rings. The SMILES string of the molecule is C=C(C)/C=C\C=C(\C)CN1CCSC1=NC(=O)NC1CCCC1c1ccc(-c2ncn(-c3ccc(OC(F)(F)F)cc3)n2)cc1. The first-order chi connectivity index (χ1) is 21.5. The molecule has 2 heterocycles. The van der Waals surface area contributed by atoms with E-state index in [2.05, 4.69) is 49.6 Å². The first-order valence-electron chi connectivity index (χ1n) is 14.7. The molecule has 2 fully saturated rings. The van der Waals surface area contributed by atoms with E-state index in [0.29, 0.717) is 18.1 Å². The van der Waals surface area contributed by atoms with Crippen LogP contribution in [0.2, 0.25) is 0 Å². The minimum absolute atomic E-state index is 0.0110. The fraction of sp³-hybridized carbons (Fsp3) is 0.333. The number of aliphatic imine (C=N–C) groups is 1. The number of hydrogen-bond donors (Lipinski definition) is 1. The predicted molar refractivity (Wildman–Crippen MR) is 172 cm³/mol. The van der Waals surface area contributed by atoms with Crippen LogP contribution < -0.4 is 10.1 Å². The average molecular weight is 637 g/mol. The number of rotatable bonds is 9. The molecular formula is C33H35F3N6O2S. The Balaban J connectivity index is 1.19. The van der Waals surface area contributed by atoms with Gasteiger partial charge in [-0.2, -0.15) is 4.99 Å². The molecule has 236 valence electrons. The molecule has 1 N–H and O–H groups in total. The van der Waals surface area contributed by atoms with Crippen molar-refractivity contribution in [3.05, 3.63) is 96.4 Å². The molecule has 0 spiro atoms. The zero-order valence-electron chi connectivity index (χ0n) is 25.1. The Morgan fingerprint density at radius 2 is 1.91 bits per heavy atom. The third-order valence-corrected chi connectivity index (χ3v) is 8.50. The lowest BCUT2D eigenvalue weighted by Crippen LogP contribution is -2.36. The number of allylic oxidation sites excluding steroid dienone is 4. The van der Waals surface area contributed by atoms with Crippen LogP contribution in [0, 0.1) is 0 Å². The van der Waals surface area contributed by atoms with Crippen LogP contribution in [0.25, 0.3) is 17.1 Å². The summed E-state index contributed by atoms with van der Waals surface area (Å²) in [6, 6.07) is 13.1. The number of nitrogens with one attached hydrogen (secondary N) is 1. The predicted octanol–water partition coefficient (Wildman–Crippen LogP) is 7.66. The second-order valence-electron chi connectivity index (χ2n) is 11.2. The summed E-state index contributed by atoms with van der Waals surface area (Å²) in [4.78, 5) is 23.9. The van der Waals surface area contributed by atoms with E-state index >= 15 is 0 Å². The van der Waals surface area contributed by atoms with Gasteiger partial charge in [0.05, 0.1) is 5.69 Å². The van der Waals surface area contributed by atoms with Crippen molar-refractivity contribution in [3.8, 4) is 22.8 Å². The van der Waals surface area contributed by atoms with Crippen molar-refractivity contribution in [2.45, 2.75) is 51.4 Å². The van der Waals surface area contributed by atoms with Crippen molar-refractivity contribution in [1.29, 1.82) is 0 Å². The Morgan fingerprint density at radius 3 is 2.62 bits per heavy atom. The molecule has 0 radical (unpaired) electrons. The van der Waals surface area contributed by atoms with Crippen LogP contribution in [-0.4, -0.2) is 62.1 Å². The average Bonchev–Trinajstić information content (AvgIpc) is 3.75. The number of thioether (sulfide) groups is 1. The summed E-state index contributed by atoms with van der Waals surface area (Å²) < 4.78 is 42.8. The Bertz CT molecular complexity index is 1600. The van der Waals surface area contributed by atoms with Crippen molar-refractivity contribution < 1.29 is 22.7 Å². The lowest BCUT2D eigenvalue weighted by molar-refractivity contribution is -0.274. The van der Waals surface area contributed by atoms with E-state index < -0.39 is 6.36 Å². The first kappa shape index (κ1) is 32.1. The van der Waals surface area contributed by atoms with Crippen LogP contribution >= 0.6 is 11.8 Å². The second-order valence-corrected chi connectivity index (χ2v) is 12.2. The van der Waals surface area contributed by atoms with E-state index in [1.54, 1.807) is 11.8 Å². The normalized spacial score (nSPS) is 19.9. The van der Waals surface area contributed by atoms with Crippen molar-refractivity contribution in [3.63, 3.8) is 0 Å². The Hall–Kier alpha value is -4.32. The van der Waals surface area contributed by atoms with Gasteiger partial charge in [0.2, 0.25) is 0 Å². The molecule has 2 atom stereocenters. The van der Waals surface area contributed by atoms with Crippen molar-refractivity contribution in [2.24, 2.45) is 4.99 Å². The smallest absolute Gasteiger partial charge is 0.406 e. The van der Waals surface area contributed by atoms with Gasteiger partial charge in [0.25, 0.3) is 0 Å². The number of amidine groups is 1. The highest BCUT2D eigenvalue weighted by molar-refractivity contribution is 8.14. The van der Waals surface area contributed by atoms with Crippen LogP contribution in [0.15, 0.2) is 95.8 Å². The Morgan fingerprint density at radius 1 is 1.16 bits per heavy atom. The number of carbonyl (C=O) groups excluding carboxylic acids is 1. The number of aromatic nitrogens is 3. The van der Waals surface area contributed by atoms with Gasteiger partial charge in [-0.1, -0.05) is 78.4 Å². The lowest BCUT2D eigenvalue weighted by Gasteiger charge is -2.21. The van der Waals surface area contributed by atoms with Gasteiger partial charge in [-0.05, 0) is 56.5 Å². The maximum Gasteiger partial charge on any atom is 0.573 e. The number of carbonyl (C=O) groups is 1. The van der Waals surface area contributed by atoms with Gasteiger partial charge in [0.15, 0.2) is 11.0 Å². The molecule has 2 aromatic carbocycles. The fourth-order valence-corrected chi connectivity index (χ4v) is 6.40. The Kier molecular flexibility index (Phi) is 10.1. The number of amides is 2. The number of benzene rings is 2. The molecule has 2 amide bonds. The lowest BCUT2D eigenvalue weighted by atomic mass is 9.93. The summed E-state index contributed by atoms with van der Waals surface area (Å²) in [6.45, 7) is 9.46. The molecule has 1 saturated heterocycles. The largest absolute Gasteiger partial charge is 0.573 e. The molecular weight excluding hydrogens is 601 g/mol. The van der Waals surface area contributed by atoms with E-state index in [0.717, 1.165) is 53.4 Å². The van der Waals surface area contributed by atoms with E-state index in [1.807, 2.05) is 43.3 Å². The number of nitrogens with zero attached hydrogens (tertiary/aromatic N) is 5. The van der Waals surface area contributed by atoms with Crippen LogP contribution in [0.4, 0.5) is 18.0 Å². The molecule has 2 unspecified atom stereocenters. The minimum atomic E-state index is -4.75. The van der Waals surface area contributed by atoms with E-state index in [9.17, 15) is 18.0 Å². The molecule has 1 aliphatic heterocycles. The van der Waals surface area contributed by atoms with Crippen LogP contribution in [0.1, 0.15) is 44.6 Å². The molecule has 1 saturated carbocycles. The van der Waals surface area contributed by atoms with Crippen LogP contribution in [0.5, 0.6) is 5.75 Å². The standard InChI is InChI=1S/C33H35F3N6O2S/c1-22(2)6-4-7-23(3)20-41-18-19-45-32(41)39-31(43)38-29-9-5-8-28(29)24-10-12-25(13-11-24)30-37-21-42(40-30)26-14-16-27(17-15-26)44-33(34,35)36/h4,6-7,10-17,21,28-29H,1,5,8-9,18-20H2,2-3H3,(H,38,43)/b6-4-,23-7-,39-32?. The molecule has 1 aromatic heterocycles. The van der Waals surface area contributed by atoms with Gasteiger partial charge < -0.3 is 15.0 Å². The Labute approximate surface area is 264 Å². The van der Waals surface area contributed by atoms with Crippen LogP contribution in [-0.2, 0) is 0 Å². The topological polar surface area (TPSA) is 84.6 Å². The van der Waals surface area contributed by atoms with Gasteiger partial charge in [0.1, 0.15) is 12.1 Å². The fourth-order valence-electron chi connectivity index (χ4n) is 5.42. The number of urea groups is 1. The summed E-state index contributed by atoms with van der Waals surface area (Å²) in [5.41, 5.74) is 4.65. The van der Waals surface area contributed by atoms with E-state index in [4.69, 9.17) is 0 Å². The van der Waals surface area contributed by atoms with Gasteiger partial charge in [0, 0.05) is 36.4 Å². The summed E-state index contributed by atoms with van der Waals surface area (Å²) in [5.74, 6) is 1.25. The van der Waals surface area contributed by atoms with Crippen molar-refractivity contribution in [1.82, 2.24) is 25.0 Å². The molecule has 8 nitrogen and oxygen atoms in total. The van der Waals surface area contributed by atoms with Crippen LogP contribution in [0.3, 0.4) is 0 Å². The summed E-state index contributed by atoms with van der Waals surface area (Å²) in [6.07, 6.45) is 5.63. The third kappa shape index (κ3) is 8.87. The summed E-state index contributed by atoms with van der Waals surface area (Å²) >= 11 is 1.60. The minimum Gasteiger partial charge on any atom is -0.406 e. The number of alkyl halides is 3. The number of ether oxygens (including phenoxy) is 1. The molecule has 5 rings (SSSR count). The molecule has 45 heavy (non-hydrogen) atoms. The quantitative estimate of drug-likeness (QED) is 0.243. The van der Waals surface area contributed by atoms with Gasteiger partial charge in [-0.3, -0.25) is 0 Å². The second kappa shape index (κ2) is 14.2. The molecule has 2 aliphatic rings. The highest BCUT2D eigenvalue weighted by Crippen LogP contribution is 2.35. The van der Waals surface area contributed by atoms with E-state index in [1.165, 1.54) is 40.8 Å². The highest BCUT2D eigenvalue weighted by atomic mass is 32.2. The summed E-state index contributed by atoms with van der Waals surface area (Å²) in [5, 5.41) is 8.39. The zero-order chi connectivity index (χ0) is 32.0. The summed E-state index contributed by atoms with van der Waals surface area (Å²) in [7, 11) is 0. The van der Waals surface area contributed by atoms with Gasteiger partial charge in [-0.25, -0.2) is 14.5 Å². The number of hydrogen-bond acceptors (Lipinski definition) is 5. The maximum atomic E-state index is 13.0. The van der Waals surface area contributed by atoms with E-state index in [-0.39, 0.29) is 23.7 Å². The van der Waals surface area contributed by atoms with Gasteiger partial charge in [-0.15, -0.1) is 18.3 Å². The van der Waals surface area contributed by atoms with Crippen molar-refractivity contribution in [2.75, 3.05) is 18.8 Å². The highest BCUT2D eigenvalue weighted by Gasteiger charge is 2.32.